The van der Waals surface area contributed by atoms with Crippen molar-refractivity contribution in [2.75, 3.05) is 13.9 Å². The summed E-state index contributed by atoms with van der Waals surface area (Å²) in [5, 5.41) is 19.0. The fourth-order valence-corrected chi connectivity index (χ4v) is 2.45. The summed E-state index contributed by atoms with van der Waals surface area (Å²) < 4.78 is 16.4. The maximum atomic E-state index is 12.2. The van der Waals surface area contributed by atoms with Crippen molar-refractivity contribution in [3.05, 3.63) is 39.0 Å². The Bertz CT molecular complexity index is 928. The minimum atomic E-state index is -0.864. The largest absolute Gasteiger partial charge is 0.475 e. The number of nitro groups is 1. The van der Waals surface area contributed by atoms with Crippen molar-refractivity contribution in [3.63, 3.8) is 0 Å². The Balaban J connectivity index is 1.69. The van der Waals surface area contributed by atoms with E-state index in [1.54, 1.807) is 12.1 Å². The highest BCUT2D eigenvalue weighted by molar-refractivity contribution is 6.33. The van der Waals surface area contributed by atoms with E-state index in [9.17, 15) is 14.9 Å². The summed E-state index contributed by atoms with van der Waals surface area (Å²) >= 11 is 6.12. The molecule has 1 aromatic heterocycles. The second-order valence-electron chi connectivity index (χ2n) is 5.40. The molecule has 2 aromatic rings. The van der Waals surface area contributed by atoms with Crippen LogP contribution < -0.4 is 19.6 Å². The second-order valence-corrected chi connectivity index (χ2v) is 5.81. The van der Waals surface area contributed by atoms with E-state index in [1.807, 2.05) is 0 Å². The van der Waals surface area contributed by atoms with Crippen LogP contribution in [0.2, 0.25) is 5.02 Å². The molecule has 1 aliphatic rings. The van der Waals surface area contributed by atoms with Crippen molar-refractivity contribution in [1.29, 1.82) is 0 Å². The molecule has 1 N–H and O–H groups in total. The maximum absolute atomic E-state index is 12.2. The maximum Gasteiger partial charge on any atom is 0.350 e. The first kappa shape index (κ1) is 18.5. The molecule has 1 amide bonds. The molecule has 142 valence electrons. The third kappa shape index (κ3) is 3.77. The molecular weight excluding hydrogens is 382 g/mol. The van der Waals surface area contributed by atoms with Gasteiger partial charge in [-0.05, 0) is 13.0 Å². The number of carbonyl (C=O) groups excluding carboxylic acids is 1. The van der Waals surface area contributed by atoms with E-state index in [0.717, 1.165) is 10.9 Å². The van der Waals surface area contributed by atoms with Crippen LogP contribution in [0.3, 0.4) is 0 Å². The normalized spacial score (nSPS) is 13.6. The number of amides is 1. The van der Waals surface area contributed by atoms with Crippen LogP contribution in [0.1, 0.15) is 18.5 Å². The van der Waals surface area contributed by atoms with Crippen molar-refractivity contribution in [1.82, 2.24) is 15.2 Å². The Morgan fingerprint density at radius 2 is 2.22 bits per heavy atom. The zero-order valence-electron chi connectivity index (χ0n) is 14.2. The molecule has 0 spiro atoms. The highest BCUT2D eigenvalue weighted by Gasteiger charge is 2.25. The van der Waals surface area contributed by atoms with Gasteiger partial charge in [-0.2, -0.15) is 5.10 Å². The van der Waals surface area contributed by atoms with Gasteiger partial charge >= 0.3 is 11.6 Å². The molecular formula is C15H14ClN5O6. The fraction of sp³-hybridized carbons (Fsp3) is 0.267. The first-order valence-electron chi connectivity index (χ1n) is 7.60. The van der Waals surface area contributed by atoms with Gasteiger partial charge in [0.25, 0.3) is 5.91 Å². The van der Waals surface area contributed by atoms with Crippen molar-refractivity contribution >= 4 is 29.4 Å². The number of carbonyl (C=O) groups is 1. The molecule has 0 aliphatic carbocycles. The molecule has 12 heteroatoms. The molecule has 0 saturated carbocycles. The summed E-state index contributed by atoms with van der Waals surface area (Å²) in [7, 11) is 1.25. The quantitative estimate of drug-likeness (QED) is 0.449. The van der Waals surface area contributed by atoms with Gasteiger partial charge < -0.3 is 14.2 Å². The Morgan fingerprint density at radius 3 is 2.85 bits per heavy atom. The number of ether oxygens (including phenoxy) is 3. The minimum Gasteiger partial charge on any atom is -0.475 e. The molecule has 1 atom stereocenters. The van der Waals surface area contributed by atoms with Crippen molar-refractivity contribution < 1.29 is 23.9 Å². The number of nitrogens with zero attached hydrogens (tertiary/aromatic N) is 4. The van der Waals surface area contributed by atoms with E-state index in [4.69, 9.17) is 25.8 Å². The average molecular weight is 396 g/mol. The van der Waals surface area contributed by atoms with Crippen LogP contribution in [-0.2, 0) is 4.79 Å². The van der Waals surface area contributed by atoms with Crippen LogP contribution in [-0.4, -0.2) is 40.7 Å². The van der Waals surface area contributed by atoms with Gasteiger partial charge in [0, 0.05) is 11.6 Å². The van der Waals surface area contributed by atoms with E-state index in [1.165, 1.54) is 20.2 Å². The molecule has 0 bridgehead atoms. The highest BCUT2D eigenvalue weighted by atomic mass is 35.5. The van der Waals surface area contributed by atoms with E-state index in [0.29, 0.717) is 22.1 Å². The molecule has 1 unspecified atom stereocenters. The molecule has 0 saturated heterocycles. The Kier molecular flexibility index (Phi) is 5.12. The van der Waals surface area contributed by atoms with E-state index in [-0.39, 0.29) is 18.4 Å². The predicted octanol–water partition coefficient (Wildman–Crippen LogP) is 1.89. The first-order valence-corrected chi connectivity index (χ1v) is 7.98. The number of halogens is 1. The third-order valence-corrected chi connectivity index (χ3v) is 4.04. The van der Waals surface area contributed by atoms with Gasteiger partial charge in [-0.3, -0.25) is 14.9 Å². The third-order valence-electron chi connectivity index (χ3n) is 3.72. The second kappa shape index (κ2) is 7.50. The summed E-state index contributed by atoms with van der Waals surface area (Å²) in [4.78, 5) is 22.5. The summed E-state index contributed by atoms with van der Waals surface area (Å²) in [5.41, 5.74) is 2.51. The monoisotopic (exact) mass is 395 g/mol. The molecule has 1 aromatic carbocycles. The first-order chi connectivity index (χ1) is 12.9. The molecule has 27 heavy (non-hydrogen) atoms. The average Bonchev–Trinajstić information content (AvgIpc) is 3.27. The SMILES string of the molecule is COc1nn(C(C)C(=O)NN=Cc2cc3c(cc2Cl)OCO3)cc1[N+](=O)[O-]. The number of hydrogen-bond acceptors (Lipinski definition) is 8. The van der Waals surface area contributed by atoms with Gasteiger partial charge in [0.1, 0.15) is 12.2 Å². The van der Waals surface area contributed by atoms with Crippen molar-refractivity contribution in [3.8, 4) is 17.4 Å². The number of fused-ring (bicyclic) bond motifs is 1. The number of aromatic nitrogens is 2. The number of hydrazone groups is 1. The topological polar surface area (TPSA) is 130 Å². The van der Waals surface area contributed by atoms with Gasteiger partial charge in [-0.25, -0.2) is 10.1 Å². The lowest BCUT2D eigenvalue weighted by atomic mass is 10.2. The Labute approximate surface area is 157 Å². The molecule has 0 radical (unpaired) electrons. The predicted molar refractivity (Wildman–Crippen MR) is 93.5 cm³/mol. The smallest absolute Gasteiger partial charge is 0.350 e. The van der Waals surface area contributed by atoms with Crippen LogP contribution in [0.25, 0.3) is 0 Å². The van der Waals surface area contributed by atoms with Gasteiger partial charge in [0.05, 0.1) is 23.3 Å². The van der Waals surface area contributed by atoms with Gasteiger partial charge in [0.2, 0.25) is 6.79 Å². The summed E-state index contributed by atoms with van der Waals surface area (Å²) in [6.07, 6.45) is 2.46. The lowest BCUT2D eigenvalue weighted by molar-refractivity contribution is -0.385. The standard InChI is InChI=1S/C15H14ClN5O6/c1-8(20-6-11(21(23)24)15(19-20)25-2)14(22)18-17-5-9-3-12-13(4-10(9)16)27-7-26-12/h3-6,8H,7H2,1-2H3,(H,18,22). The Morgan fingerprint density at radius 1 is 1.52 bits per heavy atom. The lowest BCUT2D eigenvalue weighted by Crippen LogP contribution is -2.27. The fourth-order valence-electron chi connectivity index (χ4n) is 2.25. The van der Waals surface area contributed by atoms with E-state index in [2.05, 4.69) is 15.6 Å². The van der Waals surface area contributed by atoms with Crippen LogP contribution in [0.15, 0.2) is 23.4 Å². The number of rotatable bonds is 6. The number of hydrogen-bond donors (Lipinski definition) is 1. The van der Waals surface area contributed by atoms with Crippen LogP contribution >= 0.6 is 11.6 Å². The molecule has 0 fully saturated rings. The van der Waals surface area contributed by atoms with Crippen LogP contribution in [0.5, 0.6) is 17.4 Å². The minimum absolute atomic E-state index is 0.111. The Hall–Kier alpha value is -3.34. The summed E-state index contributed by atoms with van der Waals surface area (Å²) in [5.74, 6) is 0.332. The van der Waals surface area contributed by atoms with E-state index >= 15 is 0 Å². The number of nitrogens with one attached hydrogen (secondary N) is 1. The highest BCUT2D eigenvalue weighted by Crippen LogP contribution is 2.36. The van der Waals surface area contributed by atoms with Crippen LogP contribution in [0, 0.1) is 10.1 Å². The van der Waals surface area contributed by atoms with Gasteiger partial charge in [0.15, 0.2) is 11.5 Å². The lowest BCUT2D eigenvalue weighted by Gasteiger charge is -2.09. The zero-order chi connectivity index (χ0) is 19.6. The molecule has 11 nitrogen and oxygen atoms in total. The van der Waals surface area contributed by atoms with E-state index < -0.39 is 16.9 Å². The number of benzene rings is 1. The molecule has 1 aliphatic heterocycles. The van der Waals surface area contributed by atoms with Crippen molar-refractivity contribution in [2.45, 2.75) is 13.0 Å². The summed E-state index contributed by atoms with van der Waals surface area (Å²) in [6.45, 7) is 1.62. The van der Waals surface area contributed by atoms with Gasteiger partial charge in [-0.15, -0.1) is 5.10 Å². The van der Waals surface area contributed by atoms with Crippen LogP contribution in [0.4, 0.5) is 5.69 Å². The molecule has 2 heterocycles. The zero-order valence-corrected chi connectivity index (χ0v) is 15.0. The van der Waals surface area contributed by atoms with Crippen molar-refractivity contribution in [2.24, 2.45) is 5.10 Å². The summed E-state index contributed by atoms with van der Waals surface area (Å²) in [6, 6.07) is 2.35. The van der Waals surface area contributed by atoms with Gasteiger partial charge in [-0.1, -0.05) is 11.6 Å². The number of methoxy groups -OCH3 is 1. The molecule has 3 rings (SSSR count).